The molecule has 90 valence electrons. The van der Waals surface area contributed by atoms with Gasteiger partial charge in [0.15, 0.2) is 0 Å². The monoisotopic (exact) mass is 253 g/mol. The highest BCUT2D eigenvalue weighted by atomic mass is 32.2. The van der Waals surface area contributed by atoms with Crippen molar-refractivity contribution in [3.05, 3.63) is 58.7 Å². The average Bonchev–Trinajstić information content (AvgIpc) is 2.34. The summed E-state index contributed by atoms with van der Waals surface area (Å²) in [6.07, 6.45) is 0. The highest BCUT2D eigenvalue weighted by Gasteiger charge is 2.06. The van der Waals surface area contributed by atoms with Crippen molar-refractivity contribution in [1.29, 1.82) is 5.26 Å². The van der Waals surface area contributed by atoms with E-state index in [4.69, 9.17) is 5.26 Å². The van der Waals surface area contributed by atoms with Gasteiger partial charge in [-0.15, -0.1) is 0 Å². The van der Waals surface area contributed by atoms with Gasteiger partial charge in [0.25, 0.3) is 0 Å². The molecule has 0 aliphatic rings. The number of nitriles is 1. The molecule has 0 heterocycles. The molecule has 2 heteroatoms. The molecular weight excluding hydrogens is 238 g/mol. The van der Waals surface area contributed by atoms with Crippen LogP contribution in [0.5, 0.6) is 0 Å². The lowest BCUT2D eigenvalue weighted by Crippen LogP contribution is -1.86. The summed E-state index contributed by atoms with van der Waals surface area (Å²) in [4.78, 5) is 2.25. The number of benzene rings is 2. The molecule has 0 fully saturated rings. The molecule has 0 spiro atoms. The van der Waals surface area contributed by atoms with Gasteiger partial charge in [-0.1, -0.05) is 30.0 Å². The third kappa shape index (κ3) is 2.75. The standard InChI is InChI=1S/C16H15NS/c1-11-4-6-13(3)15(8-11)18-16-9-12(2)5-7-14(16)10-17/h4-9H,1-3H3. The highest BCUT2D eigenvalue weighted by Crippen LogP contribution is 2.33. The van der Waals surface area contributed by atoms with Gasteiger partial charge in [-0.3, -0.25) is 0 Å². The number of hydrogen-bond donors (Lipinski definition) is 0. The maximum Gasteiger partial charge on any atom is 0.100 e. The van der Waals surface area contributed by atoms with Crippen LogP contribution >= 0.6 is 11.8 Å². The van der Waals surface area contributed by atoms with E-state index in [2.05, 4.69) is 44.2 Å². The van der Waals surface area contributed by atoms with Crippen molar-refractivity contribution in [2.24, 2.45) is 0 Å². The first-order valence-corrected chi connectivity index (χ1v) is 6.67. The minimum atomic E-state index is 0.742. The molecule has 18 heavy (non-hydrogen) atoms. The lowest BCUT2D eigenvalue weighted by molar-refractivity contribution is 1.24. The van der Waals surface area contributed by atoms with Gasteiger partial charge in [0.2, 0.25) is 0 Å². The summed E-state index contributed by atoms with van der Waals surface area (Å²) >= 11 is 1.67. The van der Waals surface area contributed by atoms with Gasteiger partial charge in [0.05, 0.1) is 5.56 Å². The average molecular weight is 253 g/mol. The van der Waals surface area contributed by atoms with Crippen LogP contribution in [-0.4, -0.2) is 0 Å². The molecule has 0 aliphatic carbocycles. The Morgan fingerprint density at radius 3 is 2.17 bits per heavy atom. The van der Waals surface area contributed by atoms with Crippen molar-refractivity contribution in [2.75, 3.05) is 0 Å². The van der Waals surface area contributed by atoms with E-state index < -0.39 is 0 Å². The topological polar surface area (TPSA) is 23.8 Å². The molecule has 0 aliphatic heterocycles. The SMILES string of the molecule is Cc1ccc(C)c(Sc2cc(C)ccc2C#N)c1. The summed E-state index contributed by atoms with van der Waals surface area (Å²) in [5, 5.41) is 9.15. The van der Waals surface area contributed by atoms with Crippen LogP contribution in [0.25, 0.3) is 0 Å². The number of nitrogens with zero attached hydrogens (tertiary/aromatic N) is 1. The van der Waals surface area contributed by atoms with Crippen LogP contribution in [-0.2, 0) is 0 Å². The largest absolute Gasteiger partial charge is 0.192 e. The van der Waals surface area contributed by atoms with Crippen LogP contribution < -0.4 is 0 Å². The van der Waals surface area contributed by atoms with Crippen LogP contribution in [0.15, 0.2) is 46.2 Å². The second-order valence-corrected chi connectivity index (χ2v) is 5.57. The molecule has 0 aromatic heterocycles. The first kappa shape index (κ1) is 12.7. The quantitative estimate of drug-likeness (QED) is 0.778. The Balaban J connectivity index is 2.43. The van der Waals surface area contributed by atoms with Crippen molar-refractivity contribution in [3.8, 4) is 6.07 Å². The third-order valence-electron chi connectivity index (χ3n) is 2.82. The minimum absolute atomic E-state index is 0.742. The van der Waals surface area contributed by atoms with Crippen molar-refractivity contribution in [3.63, 3.8) is 0 Å². The van der Waals surface area contributed by atoms with E-state index >= 15 is 0 Å². The summed E-state index contributed by atoms with van der Waals surface area (Å²) in [5.74, 6) is 0. The van der Waals surface area contributed by atoms with E-state index in [1.54, 1.807) is 11.8 Å². The fraction of sp³-hybridized carbons (Fsp3) is 0.188. The summed E-state index contributed by atoms with van der Waals surface area (Å²) < 4.78 is 0. The summed E-state index contributed by atoms with van der Waals surface area (Å²) in [7, 11) is 0. The Hall–Kier alpha value is -1.72. The number of hydrogen-bond acceptors (Lipinski definition) is 2. The maximum atomic E-state index is 9.15. The summed E-state index contributed by atoms with van der Waals surface area (Å²) in [6.45, 7) is 6.24. The molecule has 2 aromatic carbocycles. The second kappa shape index (κ2) is 5.29. The van der Waals surface area contributed by atoms with E-state index in [-0.39, 0.29) is 0 Å². The molecule has 2 rings (SSSR count). The van der Waals surface area contributed by atoms with Gasteiger partial charge in [-0.05, 0) is 55.7 Å². The third-order valence-corrected chi connectivity index (χ3v) is 4.04. The zero-order valence-corrected chi connectivity index (χ0v) is 11.6. The van der Waals surface area contributed by atoms with E-state index in [1.807, 2.05) is 19.1 Å². The Morgan fingerprint density at radius 1 is 0.889 bits per heavy atom. The molecule has 0 saturated heterocycles. The maximum absolute atomic E-state index is 9.15. The predicted octanol–water partition coefficient (Wildman–Crippen LogP) is 4.63. The van der Waals surface area contributed by atoms with Gasteiger partial charge in [-0.2, -0.15) is 5.26 Å². The van der Waals surface area contributed by atoms with Gasteiger partial charge in [0.1, 0.15) is 6.07 Å². The Bertz CT molecular complexity index is 623. The van der Waals surface area contributed by atoms with Crippen LogP contribution in [0.1, 0.15) is 22.3 Å². The molecule has 0 unspecified atom stereocenters. The summed E-state index contributed by atoms with van der Waals surface area (Å²) in [5.41, 5.74) is 4.42. The Morgan fingerprint density at radius 2 is 1.50 bits per heavy atom. The van der Waals surface area contributed by atoms with Gasteiger partial charge >= 0.3 is 0 Å². The highest BCUT2D eigenvalue weighted by molar-refractivity contribution is 7.99. The van der Waals surface area contributed by atoms with E-state index in [1.165, 1.54) is 21.6 Å². The molecule has 2 aromatic rings. The molecule has 0 atom stereocenters. The van der Waals surface area contributed by atoms with Gasteiger partial charge in [0, 0.05) is 9.79 Å². The molecule has 0 N–H and O–H groups in total. The zero-order valence-electron chi connectivity index (χ0n) is 10.8. The van der Waals surface area contributed by atoms with E-state index in [0.29, 0.717) is 0 Å². The van der Waals surface area contributed by atoms with Crippen LogP contribution in [0.2, 0.25) is 0 Å². The second-order valence-electron chi connectivity index (χ2n) is 4.48. The number of rotatable bonds is 2. The molecule has 0 bridgehead atoms. The van der Waals surface area contributed by atoms with E-state index in [0.717, 1.165) is 10.5 Å². The fourth-order valence-corrected chi connectivity index (χ4v) is 2.92. The normalized spacial score (nSPS) is 10.1. The first-order valence-electron chi connectivity index (χ1n) is 5.86. The lowest BCUT2D eigenvalue weighted by atomic mass is 10.2. The lowest BCUT2D eigenvalue weighted by Gasteiger charge is -2.08. The van der Waals surface area contributed by atoms with Crippen LogP contribution in [0.4, 0.5) is 0 Å². The van der Waals surface area contributed by atoms with Crippen LogP contribution in [0, 0.1) is 32.1 Å². The first-order chi connectivity index (χ1) is 8.60. The minimum Gasteiger partial charge on any atom is -0.192 e. The number of aryl methyl sites for hydroxylation is 3. The van der Waals surface area contributed by atoms with Crippen LogP contribution in [0.3, 0.4) is 0 Å². The Kier molecular flexibility index (Phi) is 3.74. The van der Waals surface area contributed by atoms with Crippen molar-refractivity contribution in [1.82, 2.24) is 0 Å². The molecule has 0 amide bonds. The fourth-order valence-electron chi connectivity index (χ4n) is 1.74. The zero-order chi connectivity index (χ0) is 13.1. The predicted molar refractivity (Wildman–Crippen MR) is 75.9 cm³/mol. The van der Waals surface area contributed by atoms with Gasteiger partial charge < -0.3 is 0 Å². The molecular formula is C16H15NS. The molecule has 0 saturated carbocycles. The van der Waals surface area contributed by atoms with Gasteiger partial charge in [-0.25, -0.2) is 0 Å². The smallest absolute Gasteiger partial charge is 0.100 e. The van der Waals surface area contributed by atoms with Crippen molar-refractivity contribution in [2.45, 2.75) is 30.6 Å². The molecule has 0 radical (unpaired) electrons. The van der Waals surface area contributed by atoms with Crippen molar-refractivity contribution >= 4 is 11.8 Å². The summed E-state index contributed by atoms with van der Waals surface area (Å²) in [6, 6.07) is 14.6. The molecule has 1 nitrogen and oxygen atoms in total. The van der Waals surface area contributed by atoms with E-state index in [9.17, 15) is 0 Å². The Labute approximate surface area is 112 Å². The van der Waals surface area contributed by atoms with Crippen molar-refractivity contribution < 1.29 is 0 Å².